The van der Waals surface area contributed by atoms with Crippen LogP contribution in [0, 0.1) is 12.3 Å². The van der Waals surface area contributed by atoms with E-state index in [0.717, 1.165) is 0 Å². The number of terminal acetylenes is 1. The third-order valence-corrected chi connectivity index (χ3v) is 3.71. The first kappa shape index (κ1) is 14.9. The van der Waals surface area contributed by atoms with Crippen LogP contribution in [0.3, 0.4) is 0 Å². The Bertz CT molecular complexity index is 872. The fourth-order valence-electron chi connectivity index (χ4n) is 2.36. The Hall–Kier alpha value is -3.01. The molecule has 116 valence electrons. The van der Waals surface area contributed by atoms with Gasteiger partial charge in [0.2, 0.25) is 0 Å². The predicted octanol–water partition coefficient (Wildman–Crippen LogP) is 1.62. The van der Waals surface area contributed by atoms with Crippen LogP contribution in [0.2, 0.25) is 0 Å². The zero-order valence-electron chi connectivity index (χ0n) is 12.4. The van der Waals surface area contributed by atoms with Crippen LogP contribution in [-0.2, 0) is 0 Å². The molecule has 23 heavy (non-hydrogen) atoms. The van der Waals surface area contributed by atoms with Gasteiger partial charge in [-0.2, -0.15) is 10.2 Å². The van der Waals surface area contributed by atoms with Crippen LogP contribution in [0.15, 0.2) is 39.4 Å². The fraction of sp³-hybridized carbons (Fsp3) is 0.312. The highest BCUT2D eigenvalue weighted by atomic mass is 16.2. The van der Waals surface area contributed by atoms with E-state index in [1.54, 1.807) is 18.2 Å². The molecule has 2 aromatic rings. The summed E-state index contributed by atoms with van der Waals surface area (Å²) in [7, 11) is 0. The van der Waals surface area contributed by atoms with Gasteiger partial charge < -0.3 is 10.3 Å². The molecule has 0 saturated carbocycles. The molecule has 0 atom stereocenters. The lowest BCUT2D eigenvalue weighted by atomic mass is 10.0. The number of aromatic amines is 1. The number of fused-ring (bicyclic) bond motifs is 1. The summed E-state index contributed by atoms with van der Waals surface area (Å²) in [6, 6.07) is 5.07. The van der Waals surface area contributed by atoms with Crippen molar-refractivity contribution in [2.45, 2.75) is 24.9 Å². The highest BCUT2D eigenvalue weighted by Gasteiger charge is 2.38. The maximum atomic E-state index is 12.2. The van der Waals surface area contributed by atoms with Crippen molar-refractivity contribution in [3.63, 3.8) is 0 Å². The normalized spacial score (nSPS) is 14.4. The van der Waals surface area contributed by atoms with E-state index in [9.17, 15) is 9.59 Å². The third kappa shape index (κ3) is 3.26. The van der Waals surface area contributed by atoms with Gasteiger partial charge >= 0.3 is 0 Å². The van der Waals surface area contributed by atoms with Crippen molar-refractivity contribution < 1.29 is 4.79 Å². The average molecular weight is 309 g/mol. The van der Waals surface area contributed by atoms with Crippen molar-refractivity contribution >= 4 is 16.8 Å². The number of pyridine rings is 2. The van der Waals surface area contributed by atoms with Crippen molar-refractivity contribution in [2.24, 2.45) is 10.2 Å². The lowest BCUT2D eigenvalue weighted by Gasteiger charge is -2.10. The van der Waals surface area contributed by atoms with Gasteiger partial charge in [-0.25, -0.2) is 0 Å². The summed E-state index contributed by atoms with van der Waals surface area (Å²) in [5.74, 6) is 2.21. The highest BCUT2D eigenvalue weighted by molar-refractivity contribution is 5.95. The van der Waals surface area contributed by atoms with Gasteiger partial charge in [0.25, 0.3) is 11.5 Å². The van der Waals surface area contributed by atoms with E-state index in [-0.39, 0.29) is 17.2 Å². The van der Waals surface area contributed by atoms with Gasteiger partial charge in [0.1, 0.15) is 11.2 Å². The van der Waals surface area contributed by atoms with Crippen LogP contribution in [-0.4, -0.2) is 28.1 Å². The van der Waals surface area contributed by atoms with Gasteiger partial charge in [0, 0.05) is 37.4 Å². The number of carbonyl (C=O) groups excluding carboxylic acids is 1. The molecule has 0 radical (unpaired) electrons. The number of rotatable bonds is 6. The molecule has 0 spiro atoms. The largest absolute Gasteiger partial charge is 0.351 e. The minimum Gasteiger partial charge on any atom is -0.351 e. The number of hydrogen-bond acceptors (Lipinski definition) is 5. The Balaban J connectivity index is 1.63. The molecule has 0 unspecified atom stereocenters. The molecule has 2 aromatic heterocycles. The Morgan fingerprint density at radius 2 is 2.22 bits per heavy atom. The van der Waals surface area contributed by atoms with Crippen molar-refractivity contribution in [2.75, 3.05) is 6.54 Å². The summed E-state index contributed by atoms with van der Waals surface area (Å²) in [6.07, 6.45) is 8.66. The Morgan fingerprint density at radius 3 is 2.96 bits per heavy atom. The topological polar surface area (TPSA) is 99.6 Å². The Kier molecular flexibility index (Phi) is 3.89. The van der Waals surface area contributed by atoms with E-state index in [0.29, 0.717) is 36.7 Å². The monoisotopic (exact) mass is 309 g/mol. The van der Waals surface area contributed by atoms with Gasteiger partial charge in [-0.1, -0.05) is 6.07 Å². The molecule has 3 heterocycles. The molecule has 7 nitrogen and oxygen atoms in total. The van der Waals surface area contributed by atoms with Crippen LogP contribution in [0.25, 0.3) is 10.9 Å². The quantitative estimate of drug-likeness (QED) is 0.793. The smallest absolute Gasteiger partial charge is 0.275 e. The minimum atomic E-state index is -0.430. The second-order valence-electron chi connectivity index (χ2n) is 5.35. The minimum absolute atomic E-state index is 0.206. The second kappa shape index (κ2) is 6.01. The molecule has 2 N–H and O–H groups in total. The van der Waals surface area contributed by atoms with Crippen molar-refractivity contribution in [1.82, 2.24) is 15.3 Å². The molecule has 0 aliphatic carbocycles. The highest BCUT2D eigenvalue weighted by Crippen LogP contribution is 2.35. The summed E-state index contributed by atoms with van der Waals surface area (Å²) < 4.78 is 0. The van der Waals surface area contributed by atoms with E-state index in [1.807, 2.05) is 0 Å². The molecule has 7 heteroatoms. The standard InChI is InChI=1S/C16H15N5O2/c1-2-3-6-16(20-21-16)7-9-18-14(22)12-10-11-5-4-8-17-13(11)15(23)19-12/h1,4-5,8,10H,3,6-7,9H2,(H,18,22)(H,19,23). The van der Waals surface area contributed by atoms with Gasteiger partial charge in [-0.3, -0.25) is 14.6 Å². The average Bonchev–Trinajstić information content (AvgIpc) is 3.33. The Morgan fingerprint density at radius 1 is 1.39 bits per heavy atom. The number of H-pyrrole nitrogens is 1. The molecule has 0 bridgehead atoms. The van der Waals surface area contributed by atoms with Crippen molar-refractivity contribution in [3.05, 3.63) is 40.4 Å². The molecule has 1 aliphatic heterocycles. The number of amides is 1. The first-order chi connectivity index (χ1) is 11.1. The first-order valence-electron chi connectivity index (χ1n) is 7.27. The maximum absolute atomic E-state index is 12.2. The summed E-state index contributed by atoms with van der Waals surface area (Å²) >= 11 is 0. The molecule has 0 aromatic carbocycles. The molecule has 0 fully saturated rings. The van der Waals surface area contributed by atoms with E-state index in [4.69, 9.17) is 6.42 Å². The van der Waals surface area contributed by atoms with Crippen LogP contribution in [0.1, 0.15) is 29.8 Å². The Labute approximate surface area is 132 Å². The van der Waals surface area contributed by atoms with Crippen LogP contribution >= 0.6 is 0 Å². The van der Waals surface area contributed by atoms with Gasteiger partial charge in [0.05, 0.1) is 0 Å². The maximum Gasteiger partial charge on any atom is 0.275 e. The number of nitrogens with one attached hydrogen (secondary N) is 2. The van der Waals surface area contributed by atoms with Crippen molar-refractivity contribution in [3.8, 4) is 12.3 Å². The lowest BCUT2D eigenvalue weighted by Crippen LogP contribution is -2.30. The number of hydrogen-bond donors (Lipinski definition) is 2. The zero-order chi connectivity index (χ0) is 16.3. The van der Waals surface area contributed by atoms with E-state index >= 15 is 0 Å². The van der Waals surface area contributed by atoms with E-state index in [2.05, 4.69) is 31.4 Å². The van der Waals surface area contributed by atoms with Crippen molar-refractivity contribution in [1.29, 1.82) is 0 Å². The summed E-state index contributed by atoms with van der Waals surface area (Å²) in [5, 5.41) is 11.4. The number of carbonyl (C=O) groups is 1. The predicted molar refractivity (Wildman–Crippen MR) is 85.0 cm³/mol. The lowest BCUT2D eigenvalue weighted by molar-refractivity contribution is 0.0947. The van der Waals surface area contributed by atoms with Gasteiger partial charge in [-0.05, 0) is 12.1 Å². The van der Waals surface area contributed by atoms with Crippen LogP contribution in [0.4, 0.5) is 0 Å². The number of nitrogens with zero attached hydrogens (tertiary/aromatic N) is 3. The summed E-state index contributed by atoms with van der Waals surface area (Å²) in [4.78, 5) is 30.6. The molecule has 3 rings (SSSR count). The molecule has 0 saturated heterocycles. The molecule has 1 aliphatic rings. The first-order valence-corrected chi connectivity index (χ1v) is 7.27. The molecular weight excluding hydrogens is 294 g/mol. The third-order valence-electron chi connectivity index (χ3n) is 3.71. The molecule has 1 amide bonds. The van der Waals surface area contributed by atoms with Gasteiger partial charge in [-0.15, -0.1) is 12.3 Å². The fourth-order valence-corrected chi connectivity index (χ4v) is 2.36. The van der Waals surface area contributed by atoms with Gasteiger partial charge in [0.15, 0.2) is 5.66 Å². The number of aromatic nitrogens is 2. The summed E-state index contributed by atoms with van der Waals surface area (Å²) in [5.41, 5.74) is -0.294. The zero-order valence-corrected chi connectivity index (χ0v) is 12.4. The SMILES string of the molecule is C#CCCC1(CCNC(=O)c2cc3cccnc3c(=O)[nH]2)N=N1. The second-order valence-corrected chi connectivity index (χ2v) is 5.35. The van der Waals surface area contributed by atoms with Crippen LogP contribution < -0.4 is 10.9 Å². The van der Waals surface area contributed by atoms with Crippen LogP contribution in [0.5, 0.6) is 0 Å². The summed E-state index contributed by atoms with van der Waals surface area (Å²) in [6.45, 7) is 0.406. The van der Waals surface area contributed by atoms with E-state index in [1.165, 1.54) is 6.20 Å². The molecular formula is C16H15N5O2. The van der Waals surface area contributed by atoms with E-state index < -0.39 is 5.66 Å².